The summed E-state index contributed by atoms with van der Waals surface area (Å²) in [5, 5.41) is 0. The number of sulfonamides is 1. The second kappa shape index (κ2) is 7.45. The highest BCUT2D eigenvalue weighted by molar-refractivity contribution is 7.98. The fourth-order valence-electron chi connectivity index (χ4n) is 2.27. The fraction of sp³-hybridized carbons (Fsp3) is 0.571. The average molecular weight is 315 g/mol. The first-order chi connectivity index (χ1) is 9.62. The summed E-state index contributed by atoms with van der Waals surface area (Å²) >= 11 is 1.60. The Morgan fingerprint density at radius 3 is 2.70 bits per heavy atom. The Bertz CT molecular complexity index is 508. The number of nitrogens with one attached hydrogen (secondary N) is 1. The molecule has 1 unspecified atom stereocenters. The summed E-state index contributed by atoms with van der Waals surface area (Å²) < 4.78 is 32.3. The molecule has 0 amide bonds. The van der Waals surface area contributed by atoms with Gasteiger partial charge in [0.2, 0.25) is 10.0 Å². The molecule has 1 saturated heterocycles. The predicted molar refractivity (Wildman–Crippen MR) is 81.6 cm³/mol. The molecule has 4 nitrogen and oxygen atoms in total. The molecule has 6 heteroatoms. The van der Waals surface area contributed by atoms with Crippen molar-refractivity contribution in [1.82, 2.24) is 4.72 Å². The van der Waals surface area contributed by atoms with Gasteiger partial charge in [-0.05, 0) is 55.7 Å². The van der Waals surface area contributed by atoms with Gasteiger partial charge in [0.25, 0.3) is 0 Å². The molecule has 20 heavy (non-hydrogen) atoms. The van der Waals surface area contributed by atoms with Crippen LogP contribution in [-0.2, 0) is 14.8 Å². The van der Waals surface area contributed by atoms with Gasteiger partial charge >= 0.3 is 0 Å². The summed E-state index contributed by atoms with van der Waals surface area (Å²) in [4.78, 5) is 1.39. The topological polar surface area (TPSA) is 55.4 Å². The van der Waals surface area contributed by atoms with Crippen molar-refractivity contribution < 1.29 is 13.2 Å². The lowest BCUT2D eigenvalue weighted by atomic mass is 9.99. The van der Waals surface area contributed by atoms with Crippen molar-refractivity contribution in [1.29, 1.82) is 0 Å². The third kappa shape index (κ3) is 4.48. The van der Waals surface area contributed by atoms with E-state index in [1.807, 2.05) is 18.4 Å². The highest BCUT2D eigenvalue weighted by atomic mass is 32.2. The molecule has 1 aliphatic heterocycles. The van der Waals surface area contributed by atoms with Gasteiger partial charge in [0.05, 0.1) is 4.90 Å². The van der Waals surface area contributed by atoms with E-state index < -0.39 is 10.0 Å². The molecule has 0 bridgehead atoms. The second-order valence-corrected chi connectivity index (χ2v) is 7.59. The summed E-state index contributed by atoms with van der Waals surface area (Å²) in [6, 6.07) is 6.96. The van der Waals surface area contributed by atoms with Crippen molar-refractivity contribution in [3.05, 3.63) is 24.3 Å². The minimum Gasteiger partial charge on any atom is -0.381 e. The zero-order valence-corrected chi connectivity index (χ0v) is 13.3. The van der Waals surface area contributed by atoms with Crippen molar-refractivity contribution in [3.63, 3.8) is 0 Å². The number of ether oxygens (including phenoxy) is 1. The monoisotopic (exact) mass is 315 g/mol. The van der Waals surface area contributed by atoms with Crippen molar-refractivity contribution in [2.45, 2.75) is 29.1 Å². The van der Waals surface area contributed by atoms with Gasteiger partial charge in [-0.2, -0.15) is 0 Å². The third-order valence-corrected chi connectivity index (χ3v) is 5.69. The maximum atomic E-state index is 12.1. The van der Waals surface area contributed by atoms with Gasteiger partial charge in [0.15, 0.2) is 0 Å². The molecular weight excluding hydrogens is 294 g/mol. The van der Waals surface area contributed by atoms with Crippen LogP contribution in [0.15, 0.2) is 34.1 Å². The number of benzene rings is 1. The molecule has 0 aromatic heterocycles. The lowest BCUT2D eigenvalue weighted by Crippen LogP contribution is -2.28. The standard InChI is InChI=1S/C14H21NO3S2/c1-19-13-4-6-14(7-5-13)20(16,17)15-9-8-12-3-2-10-18-11-12/h4-7,12,15H,2-3,8-11H2,1H3. The van der Waals surface area contributed by atoms with Crippen LogP contribution in [0.2, 0.25) is 0 Å². The highest BCUT2D eigenvalue weighted by Gasteiger charge is 2.17. The summed E-state index contributed by atoms with van der Waals surface area (Å²) in [6.45, 7) is 2.06. The molecule has 112 valence electrons. The van der Waals surface area contributed by atoms with E-state index in [9.17, 15) is 8.42 Å². The zero-order valence-electron chi connectivity index (χ0n) is 11.7. The predicted octanol–water partition coefficient (Wildman–Crippen LogP) is 2.50. The van der Waals surface area contributed by atoms with E-state index in [1.165, 1.54) is 0 Å². The van der Waals surface area contributed by atoms with Crippen LogP contribution in [0.5, 0.6) is 0 Å². The Morgan fingerprint density at radius 2 is 2.10 bits per heavy atom. The molecule has 0 spiro atoms. The first-order valence-corrected chi connectivity index (χ1v) is 9.54. The van der Waals surface area contributed by atoms with Gasteiger partial charge in [-0.25, -0.2) is 13.1 Å². The van der Waals surface area contributed by atoms with Crippen LogP contribution >= 0.6 is 11.8 Å². The fourth-order valence-corrected chi connectivity index (χ4v) is 3.73. The number of thioether (sulfide) groups is 1. The first kappa shape index (κ1) is 15.8. The van der Waals surface area contributed by atoms with Crippen molar-refractivity contribution in [2.24, 2.45) is 5.92 Å². The molecule has 2 rings (SSSR count). The van der Waals surface area contributed by atoms with Gasteiger partial charge in [-0.15, -0.1) is 11.8 Å². The Morgan fingerprint density at radius 1 is 1.35 bits per heavy atom. The molecule has 1 aromatic carbocycles. The van der Waals surface area contributed by atoms with Crippen LogP contribution in [0.25, 0.3) is 0 Å². The summed E-state index contributed by atoms with van der Waals surface area (Å²) in [7, 11) is -3.39. The van der Waals surface area contributed by atoms with E-state index in [0.717, 1.165) is 37.4 Å². The Hall–Kier alpha value is -0.560. The van der Waals surface area contributed by atoms with E-state index in [-0.39, 0.29) is 0 Å². The minimum absolute atomic E-state index is 0.329. The van der Waals surface area contributed by atoms with Crippen molar-refractivity contribution in [2.75, 3.05) is 26.0 Å². The van der Waals surface area contributed by atoms with E-state index in [4.69, 9.17) is 4.74 Å². The number of rotatable bonds is 6. The van der Waals surface area contributed by atoms with Gasteiger partial charge in [0.1, 0.15) is 0 Å². The minimum atomic E-state index is -3.39. The van der Waals surface area contributed by atoms with Gasteiger partial charge in [0, 0.05) is 24.7 Å². The van der Waals surface area contributed by atoms with Crippen LogP contribution in [0.4, 0.5) is 0 Å². The third-order valence-electron chi connectivity index (χ3n) is 3.47. The first-order valence-electron chi connectivity index (χ1n) is 6.83. The molecule has 1 fully saturated rings. The van der Waals surface area contributed by atoms with E-state index in [1.54, 1.807) is 23.9 Å². The molecule has 1 atom stereocenters. The van der Waals surface area contributed by atoms with E-state index in [2.05, 4.69) is 4.72 Å². The summed E-state index contributed by atoms with van der Waals surface area (Å²) in [6.07, 6.45) is 5.01. The molecule has 1 aromatic rings. The SMILES string of the molecule is CSc1ccc(S(=O)(=O)NCCC2CCCOC2)cc1. The van der Waals surface area contributed by atoms with Crippen molar-refractivity contribution >= 4 is 21.8 Å². The summed E-state index contributed by atoms with van der Waals surface area (Å²) in [5.41, 5.74) is 0. The normalized spacial score (nSPS) is 19.9. The maximum Gasteiger partial charge on any atom is 0.240 e. The second-order valence-electron chi connectivity index (χ2n) is 4.95. The largest absolute Gasteiger partial charge is 0.381 e. The summed E-state index contributed by atoms with van der Waals surface area (Å²) in [5.74, 6) is 0.477. The Balaban J connectivity index is 1.86. The lowest BCUT2D eigenvalue weighted by molar-refractivity contribution is 0.0523. The van der Waals surface area contributed by atoms with Crippen LogP contribution in [0.3, 0.4) is 0 Å². The lowest BCUT2D eigenvalue weighted by Gasteiger charge is -2.21. The Labute approximate surface area is 125 Å². The molecule has 1 heterocycles. The van der Waals surface area contributed by atoms with E-state index >= 15 is 0 Å². The van der Waals surface area contributed by atoms with Crippen LogP contribution in [0, 0.1) is 5.92 Å². The smallest absolute Gasteiger partial charge is 0.240 e. The average Bonchev–Trinajstić information content (AvgIpc) is 2.48. The zero-order chi connectivity index (χ0) is 14.4. The molecule has 1 aliphatic rings. The molecule has 0 saturated carbocycles. The quantitative estimate of drug-likeness (QED) is 0.820. The molecule has 0 radical (unpaired) electrons. The Kier molecular flexibility index (Phi) is 5.89. The van der Waals surface area contributed by atoms with E-state index in [0.29, 0.717) is 17.4 Å². The highest BCUT2D eigenvalue weighted by Crippen LogP contribution is 2.19. The molecule has 1 N–H and O–H groups in total. The van der Waals surface area contributed by atoms with Gasteiger partial charge < -0.3 is 4.74 Å². The van der Waals surface area contributed by atoms with Crippen LogP contribution < -0.4 is 4.72 Å². The van der Waals surface area contributed by atoms with Crippen LogP contribution in [-0.4, -0.2) is 34.4 Å². The van der Waals surface area contributed by atoms with Gasteiger partial charge in [-0.1, -0.05) is 0 Å². The van der Waals surface area contributed by atoms with Gasteiger partial charge in [-0.3, -0.25) is 0 Å². The molecular formula is C14H21NO3S2. The number of hydrogen-bond donors (Lipinski definition) is 1. The molecule has 0 aliphatic carbocycles. The van der Waals surface area contributed by atoms with Crippen molar-refractivity contribution in [3.8, 4) is 0 Å². The number of hydrogen-bond acceptors (Lipinski definition) is 4. The maximum absolute atomic E-state index is 12.1. The van der Waals surface area contributed by atoms with Crippen LogP contribution in [0.1, 0.15) is 19.3 Å².